The number of hydrogen-bond donors (Lipinski definition) is 3. The van der Waals surface area contributed by atoms with Crippen LogP contribution in [-0.4, -0.2) is 55.0 Å². The number of guanidine groups is 1. The monoisotopic (exact) mass is 533 g/mol. The first-order chi connectivity index (χ1) is 18.6. The van der Waals surface area contributed by atoms with Crippen LogP contribution in [0.2, 0.25) is 0 Å². The Hall–Kier alpha value is -2.93. The van der Waals surface area contributed by atoms with Crippen LogP contribution in [0.15, 0.2) is 47.5 Å². The van der Waals surface area contributed by atoms with Crippen molar-refractivity contribution in [1.82, 2.24) is 15.5 Å². The standard InChI is InChI=1S/C32H44FN5O/c1-20-6-7-23(28(33)16-20)12-13-35-30(39)24-8-10-26(11-9-24)36-31(38-15-14-34-21(2)19-38)37-29-18-25-17-27(22(29)3)32(25,4)5/h6-11,16,21-22,25,27,29,34H,12-15,17-19H2,1-5H3,(H,35,39)(H,36,37)/t21-,22-,25+,27-,29?/m0/s1. The number of nitrogens with one attached hydrogen (secondary N) is 3. The van der Waals surface area contributed by atoms with Crippen LogP contribution in [0.1, 0.15) is 62.0 Å². The summed E-state index contributed by atoms with van der Waals surface area (Å²) in [4.78, 5) is 20.4. The molecule has 4 aliphatic rings. The fraction of sp³-hybridized carbons (Fsp3) is 0.562. The van der Waals surface area contributed by atoms with Crippen molar-refractivity contribution in [2.75, 3.05) is 31.5 Å². The van der Waals surface area contributed by atoms with Crippen LogP contribution < -0.4 is 16.0 Å². The van der Waals surface area contributed by atoms with Crippen LogP contribution in [0.25, 0.3) is 0 Å². The third-order valence-electron chi connectivity index (χ3n) is 9.56. The molecule has 0 aromatic heterocycles. The lowest BCUT2D eigenvalue weighted by molar-refractivity contribution is -0.108. The van der Waals surface area contributed by atoms with Crippen LogP contribution in [-0.2, 0) is 6.42 Å². The summed E-state index contributed by atoms with van der Waals surface area (Å²) in [6, 6.07) is 13.5. The number of carbonyl (C=O) groups is 1. The van der Waals surface area contributed by atoms with Crippen molar-refractivity contribution in [1.29, 1.82) is 0 Å². The summed E-state index contributed by atoms with van der Waals surface area (Å²) in [5, 5.41) is 10.0. The van der Waals surface area contributed by atoms with Gasteiger partial charge in [0.1, 0.15) is 5.82 Å². The molecule has 2 aromatic carbocycles. The molecule has 1 saturated heterocycles. The molecule has 1 unspecified atom stereocenters. The first-order valence-electron chi connectivity index (χ1n) is 14.6. The lowest BCUT2D eigenvalue weighted by Gasteiger charge is -2.61. The molecule has 210 valence electrons. The van der Waals surface area contributed by atoms with Crippen LogP contribution in [0.4, 0.5) is 10.1 Å². The lowest BCUT2D eigenvalue weighted by atomic mass is 9.45. The molecule has 3 N–H and O–H groups in total. The smallest absolute Gasteiger partial charge is 0.251 e. The highest BCUT2D eigenvalue weighted by Crippen LogP contribution is 2.61. The lowest BCUT2D eigenvalue weighted by Crippen LogP contribution is -2.57. The van der Waals surface area contributed by atoms with Gasteiger partial charge in [-0.3, -0.25) is 4.79 Å². The minimum Gasteiger partial charge on any atom is -0.352 e. The fourth-order valence-corrected chi connectivity index (χ4v) is 6.87. The Labute approximate surface area is 232 Å². The molecule has 0 radical (unpaired) electrons. The summed E-state index contributed by atoms with van der Waals surface area (Å²) in [5.41, 5.74) is 3.45. The van der Waals surface area contributed by atoms with Crippen molar-refractivity contribution in [3.05, 3.63) is 65.0 Å². The second-order valence-electron chi connectivity index (χ2n) is 12.6. The van der Waals surface area contributed by atoms with Gasteiger partial charge in [-0.1, -0.05) is 32.9 Å². The molecule has 7 heteroatoms. The molecule has 6 rings (SSSR count). The second kappa shape index (κ2) is 11.3. The Morgan fingerprint density at radius 2 is 1.92 bits per heavy atom. The molecule has 1 heterocycles. The highest BCUT2D eigenvalue weighted by atomic mass is 19.1. The Kier molecular flexibility index (Phi) is 7.99. The van der Waals surface area contributed by atoms with Gasteiger partial charge >= 0.3 is 0 Å². The number of amides is 1. The molecule has 6 nitrogen and oxygen atoms in total. The number of halogens is 1. The van der Waals surface area contributed by atoms with Gasteiger partial charge in [-0.2, -0.15) is 0 Å². The van der Waals surface area contributed by atoms with E-state index in [1.807, 2.05) is 37.3 Å². The SMILES string of the molecule is Cc1ccc(CCNC(=O)c2ccc(NC(=NC3C[C@H]4C[C@@H]([C@@H]3C)C4(C)C)N3CCN[C@@H](C)C3)cc2)c(F)c1. The van der Waals surface area contributed by atoms with E-state index in [4.69, 9.17) is 4.99 Å². The molecule has 0 spiro atoms. The third-order valence-corrected chi connectivity index (χ3v) is 9.56. The van der Waals surface area contributed by atoms with E-state index in [0.29, 0.717) is 47.5 Å². The van der Waals surface area contributed by atoms with Gasteiger partial charge in [0.15, 0.2) is 5.96 Å². The Morgan fingerprint density at radius 1 is 1.15 bits per heavy atom. The van der Waals surface area contributed by atoms with Gasteiger partial charge in [0.2, 0.25) is 0 Å². The number of hydrogen-bond acceptors (Lipinski definition) is 3. The Morgan fingerprint density at radius 3 is 2.59 bits per heavy atom. The van der Waals surface area contributed by atoms with E-state index >= 15 is 0 Å². The Balaban J connectivity index is 1.24. The number of aryl methyl sites for hydroxylation is 1. The van der Waals surface area contributed by atoms with E-state index in [-0.39, 0.29) is 11.7 Å². The summed E-state index contributed by atoms with van der Waals surface area (Å²) < 4.78 is 14.1. The van der Waals surface area contributed by atoms with E-state index in [9.17, 15) is 9.18 Å². The zero-order valence-corrected chi connectivity index (χ0v) is 24.1. The molecular weight excluding hydrogens is 489 g/mol. The number of fused-ring (bicyclic) bond motifs is 2. The number of piperazine rings is 1. The molecule has 4 fully saturated rings. The molecule has 3 saturated carbocycles. The number of benzene rings is 2. The van der Waals surface area contributed by atoms with Gasteiger partial charge in [0, 0.05) is 43.5 Å². The van der Waals surface area contributed by atoms with Gasteiger partial charge in [0.25, 0.3) is 5.91 Å². The van der Waals surface area contributed by atoms with E-state index in [0.717, 1.165) is 55.1 Å². The number of carbonyl (C=O) groups excluding carboxylic acids is 1. The van der Waals surface area contributed by atoms with Crippen molar-refractivity contribution in [3.8, 4) is 0 Å². The molecule has 3 aliphatic carbocycles. The summed E-state index contributed by atoms with van der Waals surface area (Å²) >= 11 is 0. The molecule has 1 amide bonds. The largest absolute Gasteiger partial charge is 0.352 e. The first kappa shape index (κ1) is 27.6. The molecule has 5 atom stereocenters. The van der Waals surface area contributed by atoms with Crippen molar-refractivity contribution in [3.63, 3.8) is 0 Å². The van der Waals surface area contributed by atoms with Gasteiger partial charge in [-0.15, -0.1) is 0 Å². The zero-order valence-electron chi connectivity index (χ0n) is 24.1. The number of anilines is 1. The molecule has 39 heavy (non-hydrogen) atoms. The van der Waals surface area contributed by atoms with E-state index in [1.165, 1.54) is 12.5 Å². The zero-order chi connectivity index (χ0) is 27.7. The van der Waals surface area contributed by atoms with Crippen LogP contribution >= 0.6 is 0 Å². The first-order valence-corrected chi connectivity index (χ1v) is 14.6. The maximum absolute atomic E-state index is 14.1. The summed E-state index contributed by atoms with van der Waals surface area (Å²) in [5.74, 6) is 2.64. The minimum atomic E-state index is -0.223. The van der Waals surface area contributed by atoms with Crippen LogP contribution in [0.3, 0.4) is 0 Å². The van der Waals surface area contributed by atoms with Gasteiger partial charge in [-0.05, 0) is 97.7 Å². The minimum absolute atomic E-state index is 0.156. The number of aliphatic imine (C=N–C) groups is 1. The number of nitrogens with zero attached hydrogens (tertiary/aromatic N) is 2. The second-order valence-corrected chi connectivity index (χ2v) is 12.6. The normalized spacial score (nSPS) is 28.0. The summed E-state index contributed by atoms with van der Waals surface area (Å²) in [6.45, 7) is 14.5. The fourth-order valence-electron chi connectivity index (χ4n) is 6.87. The third kappa shape index (κ3) is 5.98. The Bertz CT molecular complexity index is 1210. The highest BCUT2D eigenvalue weighted by molar-refractivity contribution is 5.96. The molecule has 2 bridgehead atoms. The average molecular weight is 534 g/mol. The molecular formula is C32H44FN5O. The van der Waals surface area contributed by atoms with Gasteiger partial charge < -0.3 is 20.9 Å². The van der Waals surface area contributed by atoms with Gasteiger partial charge in [0.05, 0.1) is 6.04 Å². The van der Waals surface area contributed by atoms with Crippen molar-refractivity contribution in [2.24, 2.45) is 28.2 Å². The maximum atomic E-state index is 14.1. The van der Waals surface area contributed by atoms with Crippen molar-refractivity contribution in [2.45, 2.75) is 66.0 Å². The topological polar surface area (TPSA) is 68.8 Å². The van der Waals surface area contributed by atoms with E-state index in [2.05, 4.69) is 48.5 Å². The van der Waals surface area contributed by atoms with Crippen molar-refractivity contribution >= 4 is 17.6 Å². The van der Waals surface area contributed by atoms with Crippen LogP contribution in [0.5, 0.6) is 0 Å². The quantitative estimate of drug-likeness (QED) is 0.351. The van der Waals surface area contributed by atoms with E-state index in [1.54, 1.807) is 6.07 Å². The number of rotatable bonds is 6. The predicted molar refractivity (Wildman–Crippen MR) is 157 cm³/mol. The molecule has 1 aliphatic heterocycles. The highest BCUT2D eigenvalue weighted by Gasteiger charge is 2.56. The van der Waals surface area contributed by atoms with E-state index < -0.39 is 0 Å². The van der Waals surface area contributed by atoms with Gasteiger partial charge in [-0.25, -0.2) is 9.38 Å². The molecule has 2 aromatic rings. The summed E-state index contributed by atoms with van der Waals surface area (Å²) in [6.07, 6.45) is 2.96. The van der Waals surface area contributed by atoms with Crippen LogP contribution in [0, 0.1) is 35.9 Å². The average Bonchev–Trinajstić information content (AvgIpc) is 2.90. The maximum Gasteiger partial charge on any atom is 0.251 e. The summed E-state index contributed by atoms with van der Waals surface area (Å²) in [7, 11) is 0. The predicted octanol–water partition coefficient (Wildman–Crippen LogP) is 5.24. The van der Waals surface area contributed by atoms with Crippen molar-refractivity contribution < 1.29 is 9.18 Å².